The molecule has 1 heterocycles. The number of carboxylic acid groups (broad SMARTS) is 1. The first-order chi connectivity index (χ1) is 8.66. The highest BCUT2D eigenvalue weighted by Crippen LogP contribution is 2.44. The third kappa shape index (κ3) is 1.54. The Morgan fingerprint density at radius 1 is 1.11 bits per heavy atom. The van der Waals surface area contributed by atoms with Gasteiger partial charge in [-0.1, -0.05) is 24.3 Å². The van der Waals surface area contributed by atoms with Crippen molar-refractivity contribution in [1.29, 1.82) is 0 Å². The van der Waals surface area contributed by atoms with Gasteiger partial charge in [0.15, 0.2) is 0 Å². The van der Waals surface area contributed by atoms with Crippen molar-refractivity contribution in [3.05, 3.63) is 59.4 Å². The van der Waals surface area contributed by atoms with Crippen molar-refractivity contribution in [2.45, 2.75) is 5.92 Å². The minimum Gasteiger partial charge on any atom is -0.481 e. The summed E-state index contributed by atoms with van der Waals surface area (Å²) >= 11 is 0. The van der Waals surface area contributed by atoms with Crippen LogP contribution in [0.15, 0.2) is 42.5 Å². The summed E-state index contributed by atoms with van der Waals surface area (Å²) in [6, 6.07) is 10.8. The minimum atomic E-state index is -0.974. The second-order valence-electron chi connectivity index (χ2n) is 4.09. The van der Waals surface area contributed by atoms with Gasteiger partial charge in [0.25, 0.3) is 0 Å². The first-order valence-electron chi connectivity index (χ1n) is 5.46. The minimum absolute atomic E-state index is 0.265. The van der Waals surface area contributed by atoms with E-state index in [1.54, 1.807) is 24.3 Å². The molecule has 90 valence electrons. The Hall–Kier alpha value is -2.36. The molecule has 0 fully saturated rings. The van der Waals surface area contributed by atoms with Crippen LogP contribution in [0.4, 0.5) is 4.39 Å². The van der Waals surface area contributed by atoms with Gasteiger partial charge in [-0.05, 0) is 12.1 Å². The standard InChI is InChI=1S/C14H9FO3/c15-8-5-6-10-12(7-8)18-11-4-2-1-3-9(11)13(10)14(16)17/h1-7,13H,(H,16,17)/t13-/m0/s1. The first kappa shape index (κ1) is 10.8. The molecule has 0 unspecified atom stereocenters. The Bertz CT molecular complexity index is 637. The molecule has 1 aliphatic rings. The highest BCUT2D eigenvalue weighted by atomic mass is 19.1. The van der Waals surface area contributed by atoms with Crippen LogP contribution in [-0.2, 0) is 4.79 Å². The largest absolute Gasteiger partial charge is 0.481 e. The number of rotatable bonds is 1. The van der Waals surface area contributed by atoms with Crippen LogP contribution >= 0.6 is 0 Å². The zero-order valence-corrected chi connectivity index (χ0v) is 9.26. The topological polar surface area (TPSA) is 46.5 Å². The van der Waals surface area contributed by atoms with Gasteiger partial charge >= 0.3 is 5.97 Å². The van der Waals surface area contributed by atoms with E-state index in [1.165, 1.54) is 18.2 Å². The van der Waals surface area contributed by atoms with Crippen molar-refractivity contribution in [3.8, 4) is 11.5 Å². The smallest absolute Gasteiger partial charge is 0.315 e. The van der Waals surface area contributed by atoms with Crippen LogP contribution in [0.25, 0.3) is 0 Å². The summed E-state index contributed by atoms with van der Waals surface area (Å²) in [4.78, 5) is 11.4. The molecule has 2 aromatic rings. The summed E-state index contributed by atoms with van der Waals surface area (Å²) in [6.07, 6.45) is 0. The van der Waals surface area contributed by atoms with Gasteiger partial charge in [-0.15, -0.1) is 0 Å². The van der Waals surface area contributed by atoms with E-state index < -0.39 is 17.7 Å². The lowest BCUT2D eigenvalue weighted by Gasteiger charge is -2.25. The Labute approximate surface area is 102 Å². The second kappa shape index (κ2) is 3.84. The zero-order valence-electron chi connectivity index (χ0n) is 9.26. The molecule has 1 N–H and O–H groups in total. The number of carbonyl (C=O) groups is 1. The molecule has 2 aromatic carbocycles. The fourth-order valence-electron chi connectivity index (χ4n) is 2.20. The molecule has 0 bridgehead atoms. The van der Waals surface area contributed by atoms with Crippen molar-refractivity contribution >= 4 is 5.97 Å². The molecule has 0 aliphatic carbocycles. The summed E-state index contributed by atoms with van der Waals surface area (Å²) in [5.74, 6) is -1.51. The molecular formula is C14H9FO3. The molecule has 3 rings (SSSR count). The fourth-order valence-corrected chi connectivity index (χ4v) is 2.20. The molecule has 4 heteroatoms. The monoisotopic (exact) mass is 244 g/mol. The number of hydrogen-bond acceptors (Lipinski definition) is 2. The van der Waals surface area contributed by atoms with Gasteiger partial charge in [0.1, 0.15) is 23.2 Å². The van der Waals surface area contributed by atoms with Crippen molar-refractivity contribution < 1.29 is 19.0 Å². The van der Waals surface area contributed by atoms with Crippen LogP contribution in [0.3, 0.4) is 0 Å². The van der Waals surface area contributed by atoms with Crippen molar-refractivity contribution in [2.24, 2.45) is 0 Å². The lowest BCUT2D eigenvalue weighted by Crippen LogP contribution is -2.18. The Kier molecular flexibility index (Phi) is 2.30. The molecule has 0 aromatic heterocycles. The molecule has 18 heavy (non-hydrogen) atoms. The predicted octanol–water partition coefficient (Wildman–Crippen LogP) is 3.15. The predicted molar refractivity (Wildman–Crippen MR) is 62.4 cm³/mol. The van der Waals surface area contributed by atoms with E-state index in [0.717, 1.165) is 0 Å². The van der Waals surface area contributed by atoms with E-state index in [4.69, 9.17) is 4.74 Å². The summed E-state index contributed by atoms with van der Waals surface area (Å²) in [6.45, 7) is 0. The Morgan fingerprint density at radius 3 is 2.61 bits per heavy atom. The Balaban J connectivity index is 2.23. The van der Waals surface area contributed by atoms with Crippen LogP contribution in [0, 0.1) is 5.82 Å². The number of halogens is 1. The molecule has 0 spiro atoms. The third-order valence-electron chi connectivity index (χ3n) is 2.98. The number of ether oxygens (including phenoxy) is 1. The summed E-state index contributed by atoms with van der Waals surface area (Å²) in [7, 11) is 0. The highest BCUT2D eigenvalue weighted by molar-refractivity contribution is 5.83. The number of hydrogen-bond donors (Lipinski definition) is 1. The molecule has 1 atom stereocenters. The molecule has 0 saturated heterocycles. The van der Waals surface area contributed by atoms with E-state index in [9.17, 15) is 14.3 Å². The Morgan fingerprint density at radius 2 is 1.83 bits per heavy atom. The van der Waals surface area contributed by atoms with E-state index in [-0.39, 0.29) is 5.75 Å². The van der Waals surface area contributed by atoms with Crippen LogP contribution in [-0.4, -0.2) is 11.1 Å². The number of para-hydroxylation sites is 1. The van der Waals surface area contributed by atoms with Crippen LogP contribution < -0.4 is 4.74 Å². The average molecular weight is 244 g/mol. The van der Waals surface area contributed by atoms with Gasteiger partial charge in [-0.3, -0.25) is 4.79 Å². The quantitative estimate of drug-likeness (QED) is 0.838. The van der Waals surface area contributed by atoms with Crippen molar-refractivity contribution in [1.82, 2.24) is 0 Å². The van der Waals surface area contributed by atoms with Gasteiger partial charge in [-0.2, -0.15) is 0 Å². The van der Waals surface area contributed by atoms with Gasteiger partial charge in [0.2, 0.25) is 0 Å². The fraction of sp³-hybridized carbons (Fsp3) is 0.0714. The van der Waals surface area contributed by atoms with E-state index in [2.05, 4.69) is 0 Å². The van der Waals surface area contributed by atoms with Crippen molar-refractivity contribution in [2.75, 3.05) is 0 Å². The van der Waals surface area contributed by atoms with Crippen molar-refractivity contribution in [3.63, 3.8) is 0 Å². The third-order valence-corrected chi connectivity index (χ3v) is 2.98. The van der Waals surface area contributed by atoms with E-state index >= 15 is 0 Å². The first-order valence-corrected chi connectivity index (χ1v) is 5.46. The summed E-state index contributed by atoms with van der Waals surface area (Å²) in [5, 5.41) is 9.35. The van der Waals surface area contributed by atoms with E-state index in [1.807, 2.05) is 0 Å². The normalized spacial score (nSPS) is 16.4. The average Bonchev–Trinajstić information content (AvgIpc) is 2.35. The molecule has 1 aliphatic heterocycles. The SMILES string of the molecule is O=C(O)[C@H]1c2ccccc2Oc2cc(F)ccc21. The zero-order chi connectivity index (χ0) is 12.7. The summed E-state index contributed by atoms with van der Waals surface area (Å²) in [5.41, 5.74) is 1.06. The van der Waals surface area contributed by atoms with Gasteiger partial charge < -0.3 is 9.84 Å². The molecular weight excluding hydrogens is 235 g/mol. The second-order valence-corrected chi connectivity index (χ2v) is 4.09. The lowest BCUT2D eigenvalue weighted by molar-refractivity contribution is -0.137. The van der Waals surface area contributed by atoms with E-state index in [0.29, 0.717) is 16.9 Å². The van der Waals surface area contributed by atoms with Gasteiger partial charge in [0, 0.05) is 17.2 Å². The summed E-state index contributed by atoms with van der Waals surface area (Å²) < 4.78 is 18.7. The number of fused-ring (bicyclic) bond motifs is 2. The maximum atomic E-state index is 13.2. The number of carboxylic acids is 1. The molecule has 0 radical (unpaired) electrons. The van der Waals surface area contributed by atoms with Crippen LogP contribution in [0.5, 0.6) is 11.5 Å². The van der Waals surface area contributed by atoms with Gasteiger partial charge in [0.05, 0.1) is 0 Å². The van der Waals surface area contributed by atoms with Crippen LogP contribution in [0.2, 0.25) is 0 Å². The number of benzene rings is 2. The van der Waals surface area contributed by atoms with Crippen LogP contribution in [0.1, 0.15) is 17.0 Å². The molecule has 0 amide bonds. The number of aliphatic carboxylic acids is 1. The lowest BCUT2D eigenvalue weighted by atomic mass is 9.88. The highest BCUT2D eigenvalue weighted by Gasteiger charge is 2.32. The molecule has 0 saturated carbocycles. The maximum Gasteiger partial charge on any atom is 0.315 e. The molecule has 3 nitrogen and oxygen atoms in total. The van der Waals surface area contributed by atoms with Gasteiger partial charge in [-0.25, -0.2) is 4.39 Å². The maximum absolute atomic E-state index is 13.2.